The van der Waals surface area contributed by atoms with E-state index in [2.05, 4.69) is 28.4 Å². The van der Waals surface area contributed by atoms with E-state index in [9.17, 15) is 9.90 Å². The third-order valence-corrected chi connectivity index (χ3v) is 5.88. The maximum absolute atomic E-state index is 13.0. The van der Waals surface area contributed by atoms with Gasteiger partial charge in [0.1, 0.15) is 5.75 Å². The Labute approximate surface area is 172 Å². The molecular weight excluding hydrogens is 366 g/mol. The summed E-state index contributed by atoms with van der Waals surface area (Å²) in [5, 5.41) is 13.2. The van der Waals surface area contributed by atoms with Gasteiger partial charge in [0.25, 0.3) is 5.91 Å². The van der Waals surface area contributed by atoms with Gasteiger partial charge in [0.15, 0.2) is 6.61 Å². The van der Waals surface area contributed by atoms with Gasteiger partial charge in [-0.25, -0.2) is 0 Å². The number of para-hydroxylation sites is 1. The first-order valence-electron chi connectivity index (χ1n) is 10.3. The van der Waals surface area contributed by atoms with Gasteiger partial charge in [-0.3, -0.25) is 9.69 Å². The molecule has 1 unspecified atom stereocenters. The topological polar surface area (TPSA) is 65.0 Å². The fourth-order valence-electron chi connectivity index (χ4n) is 4.19. The summed E-state index contributed by atoms with van der Waals surface area (Å²) in [5.74, 6) is 0.676. The summed E-state index contributed by atoms with van der Waals surface area (Å²) in [6, 6.07) is 16.0. The Hall–Kier alpha value is -2.57. The number of rotatable bonds is 7. The van der Waals surface area contributed by atoms with Crippen LogP contribution in [0.25, 0.3) is 0 Å². The van der Waals surface area contributed by atoms with Crippen molar-refractivity contribution < 1.29 is 14.6 Å². The van der Waals surface area contributed by atoms with Crippen LogP contribution in [0, 0.1) is 0 Å². The van der Waals surface area contributed by atoms with Crippen LogP contribution in [0.3, 0.4) is 0 Å². The van der Waals surface area contributed by atoms with Gasteiger partial charge < -0.3 is 20.1 Å². The summed E-state index contributed by atoms with van der Waals surface area (Å²) in [4.78, 5) is 17.0. The van der Waals surface area contributed by atoms with Crippen molar-refractivity contribution >= 4 is 11.6 Å². The molecule has 0 bridgehead atoms. The van der Waals surface area contributed by atoms with Crippen molar-refractivity contribution in [3.8, 4) is 5.75 Å². The lowest BCUT2D eigenvalue weighted by atomic mass is 10.0. The molecule has 2 atom stereocenters. The normalized spacial score (nSPS) is 19.4. The SMILES string of the molecule is CN(C(=O)COc1cccc2c1NCC2)C(CN1CC[C@H](O)C1)c1ccccc1. The molecule has 154 valence electrons. The van der Waals surface area contributed by atoms with Gasteiger partial charge >= 0.3 is 0 Å². The maximum atomic E-state index is 13.0. The number of aliphatic hydroxyl groups is 1. The molecule has 4 rings (SSSR count). The summed E-state index contributed by atoms with van der Waals surface area (Å²) in [5.41, 5.74) is 3.33. The van der Waals surface area contributed by atoms with Gasteiger partial charge in [0, 0.05) is 33.2 Å². The van der Waals surface area contributed by atoms with E-state index in [1.165, 1.54) is 5.56 Å². The average Bonchev–Trinajstić information content (AvgIpc) is 3.39. The second-order valence-electron chi connectivity index (χ2n) is 7.89. The molecule has 2 aliphatic heterocycles. The average molecular weight is 396 g/mol. The summed E-state index contributed by atoms with van der Waals surface area (Å²) >= 11 is 0. The highest BCUT2D eigenvalue weighted by atomic mass is 16.5. The van der Waals surface area contributed by atoms with Crippen molar-refractivity contribution in [3.63, 3.8) is 0 Å². The third kappa shape index (κ3) is 4.54. The number of fused-ring (bicyclic) bond motifs is 1. The molecule has 1 saturated heterocycles. The van der Waals surface area contributed by atoms with E-state index in [1.54, 1.807) is 4.90 Å². The molecule has 0 spiro atoms. The Morgan fingerprint density at radius 3 is 2.86 bits per heavy atom. The van der Waals surface area contributed by atoms with Crippen LogP contribution in [-0.2, 0) is 11.2 Å². The summed E-state index contributed by atoms with van der Waals surface area (Å²) in [7, 11) is 1.84. The Balaban J connectivity index is 1.44. The van der Waals surface area contributed by atoms with Crippen LogP contribution in [0.4, 0.5) is 5.69 Å². The van der Waals surface area contributed by atoms with Crippen LogP contribution in [-0.4, -0.2) is 66.8 Å². The second kappa shape index (κ2) is 8.84. The zero-order valence-corrected chi connectivity index (χ0v) is 16.9. The third-order valence-electron chi connectivity index (χ3n) is 5.88. The number of likely N-dealkylation sites (N-methyl/N-ethyl adjacent to an activating group) is 1. The lowest BCUT2D eigenvalue weighted by Gasteiger charge is -2.32. The zero-order valence-electron chi connectivity index (χ0n) is 16.9. The number of likely N-dealkylation sites (tertiary alicyclic amines) is 1. The van der Waals surface area contributed by atoms with Crippen molar-refractivity contribution in [2.45, 2.75) is 25.0 Å². The van der Waals surface area contributed by atoms with E-state index in [0.717, 1.165) is 42.9 Å². The minimum absolute atomic E-state index is 0.000587. The van der Waals surface area contributed by atoms with Gasteiger partial charge in [0.2, 0.25) is 0 Å². The number of benzene rings is 2. The number of carbonyl (C=O) groups excluding carboxylic acids is 1. The number of anilines is 1. The Morgan fingerprint density at radius 2 is 2.10 bits per heavy atom. The summed E-state index contributed by atoms with van der Waals surface area (Å²) < 4.78 is 5.90. The van der Waals surface area contributed by atoms with Gasteiger partial charge in [-0.1, -0.05) is 42.5 Å². The number of hydrogen-bond acceptors (Lipinski definition) is 5. The predicted octanol–water partition coefficient (Wildman–Crippen LogP) is 2.30. The van der Waals surface area contributed by atoms with Crippen LogP contribution < -0.4 is 10.1 Å². The minimum atomic E-state index is -0.275. The number of nitrogens with one attached hydrogen (secondary N) is 1. The molecular formula is C23H29N3O3. The molecule has 0 aliphatic carbocycles. The number of nitrogens with zero attached hydrogens (tertiary/aromatic N) is 2. The van der Waals surface area contributed by atoms with E-state index in [4.69, 9.17) is 4.74 Å². The van der Waals surface area contributed by atoms with Crippen LogP contribution in [0.1, 0.15) is 23.6 Å². The summed E-state index contributed by atoms with van der Waals surface area (Å²) in [6.07, 6.45) is 1.50. The molecule has 0 aromatic heterocycles. The fourth-order valence-corrected chi connectivity index (χ4v) is 4.19. The van der Waals surface area contributed by atoms with Crippen molar-refractivity contribution in [3.05, 3.63) is 59.7 Å². The highest BCUT2D eigenvalue weighted by Crippen LogP contribution is 2.32. The van der Waals surface area contributed by atoms with Crippen LogP contribution >= 0.6 is 0 Å². The molecule has 2 N–H and O–H groups in total. The van der Waals surface area contributed by atoms with Crippen molar-refractivity contribution in [2.24, 2.45) is 0 Å². The van der Waals surface area contributed by atoms with Crippen LogP contribution in [0.15, 0.2) is 48.5 Å². The van der Waals surface area contributed by atoms with Crippen molar-refractivity contribution in [1.29, 1.82) is 0 Å². The van der Waals surface area contributed by atoms with Gasteiger partial charge in [-0.2, -0.15) is 0 Å². The van der Waals surface area contributed by atoms with E-state index in [0.29, 0.717) is 13.1 Å². The minimum Gasteiger partial charge on any atom is -0.482 e. The number of ether oxygens (including phenoxy) is 1. The van der Waals surface area contributed by atoms with Crippen molar-refractivity contribution in [2.75, 3.05) is 45.2 Å². The maximum Gasteiger partial charge on any atom is 0.260 e. The first-order chi connectivity index (χ1) is 14.1. The van der Waals surface area contributed by atoms with Gasteiger partial charge in [-0.15, -0.1) is 0 Å². The van der Waals surface area contributed by atoms with E-state index in [-0.39, 0.29) is 24.7 Å². The largest absolute Gasteiger partial charge is 0.482 e. The van der Waals surface area contributed by atoms with Crippen molar-refractivity contribution in [1.82, 2.24) is 9.80 Å². The molecule has 2 heterocycles. The van der Waals surface area contributed by atoms with E-state index < -0.39 is 0 Å². The summed E-state index contributed by atoms with van der Waals surface area (Å²) in [6.45, 7) is 3.11. The standard InChI is InChI=1S/C23H29N3O3/c1-25(22(28)16-29-21-9-5-8-18-10-12-24-23(18)21)20(17-6-3-2-4-7-17)15-26-13-11-19(27)14-26/h2-9,19-20,24,27H,10-16H2,1H3/t19-,20?/m0/s1. The smallest absolute Gasteiger partial charge is 0.260 e. The second-order valence-corrected chi connectivity index (χ2v) is 7.89. The van der Waals surface area contributed by atoms with Crippen LogP contribution in [0.5, 0.6) is 5.75 Å². The number of β-amino-alcohol motifs (C(OH)–C–C–N with tert-alkyl or cyclic N) is 1. The number of aliphatic hydroxyl groups excluding tert-OH is 1. The lowest BCUT2D eigenvalue weighted by Crippen LogP contribution is -2.40. The highest BCUT2D eigenvalue weighted by molar-refractivity contribution is 5.78. The van der Waals surface area contributed by atoms with Crippen LogP contribution in [0.2, 0.25) is 0 Å². The zero-order chi connectivity index (χ0) is 20.2. The Kier molecular flexibility index (Phi) is 6.02. The number of hydrogen-bond donors (Lipinski definition) is 2. The quantitative estimate of drug-likeness (QED) is 0.753. The highest BCUT2D eigenvalue weighted by Gasteiger charge is 2.28. The molecule has 1 amide bonds. The predicted molar refractivity (Wildman–Crippen MR) is 113 cm³/mol. The van der Waals surface area contributed by atoms with E-state index in [1.807, 2.05) is 37.4 Å². The fraction of sp³-hybridized carbons (Fsp3) is 0.435. The molecule has 2 aromatic rings. The molecule has 0 radical (unpaired) electrons. The molecule has 6 nitrogen and oxygen atoms in total. The first-order valence-corrected chi connectivity index (χ1v) is 10.3. The van der Waals surface area contributed by atoms with E-state index >= 15 is 0 Å². The lowest BCUT2D eigenvalue weighted by molar-refractivity contribution is -0.134. The number of carbonyl (C=O) groups is 1. The van der Waals surface area contributed by atoms with Gasteiger partial charge in [0.05, 0.1) is 17.8 Å². The Bertz CT molecular complexity index is 843. The van der Waals surface area contributed by atoms with Gasteiger partial charge in [-0.05, 0) is 30.0 Å². The molecule has 6 heteroatoms. The first kappa shape index (κ1) is 19.7. The monoisotopic (exact) mass is 395 g/mol. The molecule has 2 aromatic carbocycles. The Morgan fingerprint density at radius 1 is 1.28 bits per heavy atom. The number of amides is 1. The molecule has 1 fully saturated rings. The molecule has 2 aliphatic rings. The molecule has 29 heavy (non-hydrogen) atoms. The molecule has 0 saturated carbocycles.